The number of nitrogens with zero attached hydrogens (tertiary/aromatic N) is 6. The van der Waals surface area contributed by atoms with E-state index >= 15 is 0 Å². The molecule has 0 aromatic carbocycles. The number of aromatic nitrogens is 3. The average Bonchev–Trinajstić information content (AvgIpc) is 3.15. The van der Waals surface area contributed by atoms with Gasteiger partial charge in [-0.3, -0.25) is 4.52 Å². The van der Waals surface area contributed by atoms with Gasteiger partial charge in [-0.2, -0.15) is 10.3 Å². The van der Waals surface area contributed by atoms with E-state index < -0.39 is 0 Å². The van der Waals surface area contributed by atoms with Crippen molar-refractivity contribution in [3.63, 3.8) is 0 Å². The minimum Gasteiger partial charge on any atom is -0.861 e. The van der Waals surface area contributed by atoms with Crippen molar-refractivity contribution in [2.45, 2.75) is 44.1 Å². The largest absolute Gasteiger partial charge is 0.861 e. The Labute approximate surface area is 162 Å². The molecular formula is C18H22N6O2S. The predicted octanol–water partition coefficient (Wildman–Crippen LogP) is 1.66. The fourth-order valence-electron chi connectivity index (χ4n) is 2.75. The SMILES string of the molecule is CC(C)c1ccc(C#N)c(SC/C([O-])=N\c2c[n+](N3CCCCC3)no2)n1. The van der Waals surface area contributed by atoms with Gasteiger partial charge in [-0.05, 0) is 43.2 Å². The van der Waals surface area contributed by atoms with Crippen molar-refractivity contribution in [2.75, 3.05) is 23.9 Å². The van der Waals surface area contributed by atoms with Crippen LogP contribution in [-0.4, -0.2) is 35.0 Å². The molecule has 0 bridgehead atoms. The zero-order valence-corrected chi connectivity index (χ0v) is 16.3. The number of piperidine rings is 1. The summed E-state index contributed by atoms with van der Waals surface area (Å²) in [6.45, 7) is 5.89. The summed E-state index contributed by atoms with van der Waals surface area (Å²) in [7, 11) is 0. The minimum absolute atomic E-state index is 0.0770. The lowest BCUT2D eigenvalue weighted by atomic mass is 10.1. The molecule has 0 atom stereocenters. The first-order valence-electron chi connectivity index (χ1n) is 8.99. The molecule has 0 N–H and O–H groups in total. The molecule has 0 unspecified atom stereocenters. The zero-order valence-electron chi connectivity index (χ0n) is 15.5. The third-order valence-corrected chi connectivity index (χ3v) is 5.20. The Morgan fingerprint density at radius 2 is 2.19 bits per heavy atom. The van der Waals surface area contributed by atoms with Gasteiger partial charge in [0.05, 0.1) is 23.4 Å². The van der Waals surface area contributed by atoms with Gasteiger partial charge in [0.2, 0.25) is 5.27 Å². The van der Waals surface area contributed by atoms with E-state index in [0.29, 0.717) is 10.6 Å². The van der Waals surface area contributed by atoms with Crippen molar-refractivity contribution in [1.29, 1.82) is 5.26 Å². The maximum absolute atomic E-state index is 12.2. The van der Waals surface area contributed by atoms with Crippen LogP contribution in [0.4, 0.5) is 5.88 Å². The third-order valence-electron chi connectivity index (χ3n) is 4.23. The Balaban J connectivity index is 1.65. The normalized spacial score (nSPS) is 15.2. The number of nitriles is 1. The Bertz CT molecular complexity index is 852. The molecule has 3 rings (SSSR count). The minimum atomic E-state index is -0.359. The van der Waals surface area contributed by atoms with E-state index in [1.54, 1.807) is 17.1 Å². The van der Waals surface area contributed by atoms with Crippen LogP contribution >= 0.6 is 11.8 Å². The van der Waals surface area contributed by atoms with E-state index in [9.17, 15) is 10.4 Å². The van der Waals surface area contributed by atoms with Crippen LogP contribution in [0.5, 0.6) is 0 Å². The van der Waals surface area contributed by atoms with Gasteiger partial charge in [-0.25, -0.2) is 9.98 Å². The molecular weight excluding hydrogens is 364 g/mol. The van der Waals surface area contributed by atoms with Crippen LogP contribution in [0.3, 0.4) is 0 Å². The molecule has 27 heavy (non-hydrogen) atoms. The first-order valence-corrected chi connectivity index (χ1v) is 9.97. The van der Waals surface area contributed by atoms with Gasteiger partial charge in [0, 0.05) is 11.4 Å². The highest BCUT2D eigenvalue weighted by atomic mass is 32.2. The lowest BCUT2D eigenvalue weighted by Crippen LogP contribution is -2.60. The van der Waals surface area contributed by atoms with E-state index in [2.05, 4.69) is 26.3 Å². The monoisotopic (exact) mass is 386 g/mol. The molecule has 0 amide bonds. The Morgan fingerprint density at radius 1 is 1.41 bits per heavy atom. The standard InChI is InChI=1S/C18H22N6O2S/c1-13(2)15-7-6-14(10-19)18(20-15)27-12-16(25)21-17-11-24(22-26-17)23-8-4-3-5-9-23/h6-7,11,13H,3-5,8-9,12H2,1-2H3. The van der Waals surface area contributed by atoms with Gasteiger partial charge >= 0.3 is 5.88 Å². The molecule has 1 aliphatic rings. The Hall–Kier alpha value is -2.60. The summed E-state index contributed by atoms with van der Waals surface area (Å²) in [4.78, 5) is 10.1. The van der Waals surface area contributed by atoms with Crippen molar-refractivity contribution < 1.29 is 14.4 Å². The molecule has 0 aliphatic carbocycles. The second-order valence-electron chi connectivity index (χ2n) is 6.62. The first-order chi connectivity index (χ1) is 13.1. The molecule has 0 radical (unpaired) electrons. The topological polar surface area (TPSA) is 105 Å². The van der Waals surface area contributed by atoms with Crippen LogP contribution in [0, 0.1) is 11.3 Å². The fraction of sp³-hybridized carbons (Fsp3) is 0.500. The lowest BCUT2D eigenvalue weighted by Gasteiger charge is -2.17. The molecule has 1 saturated heterocycles. The first kappa shape index (κ1) is 19.2. The molecule has 2 aromatic heterocycles. The van der Waals surface area contributed by atoms with Crippen molar-refractivity contribution in [1.82, 2.24) is 10.3 Å². The zero-order chi connectivity index (χ0) is 19.2. The summed E-state index contributed by atoms with van der Waals surface area (Å²) >= 11 is 1.21. The number of aliphatic imine (C=N–C) groups is 1. The summed E-state index contributed by atoms with van der Waals surface area (Å²) in [6, 6.07) is 5.69. The maximum Gasteiger partial charge on any atom is 0.324 e. The summed E-state index contributed by atoms with van der Waals surface area (Å²) < 4.78 is 5.14. The summed E-state index contributed by atoms with van der Waals surface area (Å²) in [5, 5.41) is 28.0. The van der Waals surface area contributed by atoms with E-state index in [1.165, 1.54) is 18.2 Å². The number of rotatable bonds is 6. The fourth-order valence-corrected chi connectivity index (χ4v) is 3.51. The smallest absolute Gasteiger partial charge is 0.324 e. The summed E-state index contributed by atoms with van der Waals surface area (Å²) in [5.41, 5.74) is 1.35. The molecule has 1 aliphatic heterocycles. The van der Waals surface area contributed by atoms with Crippen LogP contribution in [0.25, 0.3) is 0 Å². The molecule has 0 spiro atoms. The van der Waals surface area contributed by atoms with E-state index in [0.717, 1.165) is 31.6 Å². The Kier molecular flexibility index (Phi) is 6.29. The molecule has 1 fully saturated rings. The van der Waals surface area contributed by atoms with Crippen molar-refractivity contribution in [2.24, 2.45) is 4.99 Å². The van der Waals surface area contributed by atoms with Gasteiger partial charge in [-0.1, -0.05) is 25.6 Å². The highest BCUT2D eigenvalue weighted by Crippen LogP contribution is 2.23. The highest BCUT2D eigenvalue weighted by Gasteiger charge is 2.22. The van der Waals surface area contributed by atoms with Crippen LogP contribution in [0.2, 0.25) is 0 Å². The van der Waals surface area contributed by atoms with E-state index in [4.69, 9.17) is 4.52 Å². The molecule has 3 heterocycles. The quantitative estimate of drug-likeness (QED) is 0.322. The molecule has 2 aromatic rings. The summed E-state index contributed by atoms with van der Waals surface area (Å²) in [6.07, 6.45) is 5.07. The molecule has 8 nitrogen and oxygen atoms in total. The number of pyridine rings is 1. The second-order valence-corrected chi connectivity index (χ2v) is 7.59. The van der Waals surface area contributed by atoms with Gasteiger partial charge < -0.3 is 5.11 Å². The van der Waals surface area contributed by atoms with Gasteiger partial charge in [-0.15, -0.1) is 0 Å². The second kappa shape index (κ2) is 8.86. The van der Waals surface area contributed by atoms with Gasteiger partial charge in [0.1, 0.15) is 11.1 Å². The average molecular weight is 386 g/mol. The number of hydrogen-bond acceptors (Lipinski definition) is 8. The van der Waals surface area contributed by atoms with Crippen LogP contribution in [-0.2, 0) is 0 Å². The van der Waals surface area contributed by atoms with Gasteiger partial charge in [0.15, 0.2) is 0 Å². The van der Waals surface area contributed by atoms with Crippen molar-refractivity contribution in [3.05, 3.63) is 29.6 Å². The van der Waals surface area contributed by atoms with E-state index in [1.807, 2.05) is 19.9 Å². The van der Waals surface area contributed by atoms with Crippen molar-refractivity contribution >= 4 is 23.5 Å². The highest BCUT2D eigenvalue weighted by molar-refractivity contribution is 7.99. The van der Waals surface area contributed by atoms with Crippen LogP contribution < -0.4 is 14.9 Å². The lowest BCUT2D eigenvalue weighted by molar-refractivity contribution is -0.759. The molecule has 9 heteroatoms. The molecule has 142 valence electrons. The van der Waals surface area contributed by atoms with Crippen molar-refractivity contribution in [3.8, 4) is 6.07 Å². The number of thioether (sulfide) groups is 1. The summed E-state index contributed by atoms with van der Waals surface area (Å²) in [5.74, 6) is 0.142. The predicted molar refractivity (Wildman–Crippen MR) is 99.4 cm³/mol. The third kappa shape index (κ3) is 4.98. The van der Waals surface area contributed by atoms with Gasteiger partial charge in [0.25, 0.3) is 6.20 Å². The number of hydrogen-bond donors (Lipinski definition) is 0. The Morgan fingerprint density at radius 3 is 2.89 bits per heavy atom. The maximum atomic E-state index is 12.2. The molecule has 0 saturated carbocycles. The van der Waals surface area contributed by atoms with E-state index in [-0.39, 0.29) is 23.5 Å². The van der Waals surface area contributed by atoms with Crippen LogP contribution in [0.15, 0.2) is 32.9 Å². The van der Waals surface area contributed by atoms with Crippen LogP contribution in [0.1, 0.15) is 50.3 Å².